The number of nitrogens with one attached hydrogen (secondary N) is 3. The van der Waals surface area contributed by atoms with Gasteiger partial charge in [-0.05, 0) is 50.7 Å². The summed E-state index contributed by atoms with van der Waals surface area (Å²) in [5, 5.41) is 9.65. The molecule has 0 aliphatic heterocycles. The summed E-state index contributed by atoms with van der Waals surface area (Å²) >= 11 is 0. The van der Waals surface area contributed by atoms with E-state index in [4.69, 9.17) is 0 Å². The fourth-order valence-electron chi connectivity index (χ4n) is 2.85. The SMILES string of the molecule is CCNC(=NCCNC(=O)c1cccnc1)NC1CCC(C)CC1. The Bertz CT molecular complexity index is 523. The second kappa shape index (κ2) is 9.90. The fraction of sp³-hybridized carbons (Fsp3) is 0.611. The Balaban J connectivity index is 1.75. The lowest BCUT2D eigenvalue weighted by atomic mass is 9.87. The lowest BCUT2D eigenvalue weighted by Crippen LogP contribution is -2.45. The van der Waals surface area contributed by atoms with Crippen LogP contribution < -0.4 is 16.0 Å². The third-order valence-electron chi connectivity index (χ3n) is 4.29. The minimum atomic E-state index is -0.113. The molecule has 1 aliphatic rings. The molecule has 0 atom stereocenters. The Kier molecular flexibility index (Phi) is 7.52. The van der Waals surface area contributed by atoms with Crippen LogP contribution >= 0.6 is 0 Å². The van der Waals surface area contributed by atoms with Crippen molar-refractivity contribution in [3.8, 4) is 0 Å². The van der Waals surface area contributed by atoms with E-state index in [1.165, 1.54) is 25.7 Å². The molecule has 1 fully saturated rings. The van der Waals surface area contributed by atoms with E-state index in [9.17, 15) is 4.79 Å². The van der Waals surface area contributed by atoms with Crippen molar-refractivity contribution < 1.29 is 4.79 Å². The van der Waals surface area contributed by atoms with Crippen molar-refractivity contribution in [3.05, 3.63) is 30.1 Å². The third kappa shape index (κ3) is 6.18. The van der Waals surface area contributed by atoms with Gasteiger partial charge in [0.25, 0.3) is 5.91 Å². The smallest absolute Gasteiger partial charge is 0.252 e. The second-order valence-corrected chi connectivity index (χ2v) is 6.36. The molecule has 1 heterocycles. The van der Waals surface area contributed by atoms with Crippen molar-refractivity contribution in [2.45, 2.75) is 45.6 Å². The second-order valence-electron chi connectivity index (χ2n) is 6.36. The van der Waals surface area contributed by atoms with E-state index in [0.29, 0.717) is 24.7 Å². The predicted molar refractivity (Wildman–Crippen MR) is 97.1 cm³/mol. The predicted octanol–water partition coefficient (Wildman–Crippen LogP) is 1.95. The lowest BCUT2D eigenvalue weighted by Gasteiger charge is -2.28. The van der Waals surface area contributed by atoms with Gasteiger partial charge in [-0.25, -0.2) is 0 Å². The molecule has 3 N–H and O–H groups in total. The van der Waals surface area contributed by atoms with Crippen LogP contribution in [0, 0.1) is 5.92 Å². The Morgan fingerprint density at radius 3 is 2.75 bits per heavy atom. The van der Waals surface area contributed by atoms with Gasteiger partial charge >= 0.3 is 0 Å². The van der Waals surface area contributed by atoms with Crippen molar-refractivity contribution in [2.75, 3.05) is 19.6 Å². The van der Waals surface area contributed by atoms with Gasteiger partial charge in [-0.2, -0.15) is 0 Å². The number of rotatable bonds is 6. The molecular formula is C18H29N5O. The standard InChI is InChI=1S/C18H29N5O/c1-3-20-18(23-16-8-6-14(2)7-9-16)22-12-11-21-17(24)15-5-4-10-19-13-15/h4-5,10,13-14,16H,3,6-9,11-12H2,1-2H3,(H,21,24)(H2,20,22,23). The van der Waals surface area contributed by atoms with Crippen LogP contribution in [0.2, 0.25) is 0 Å². The summed E-state index contributed by atoms with van der Waals surface area (Å²) in [6.07, 6.45) is 8.17. The summed E-state index contributed by atoms with van der Waals surface area (Å²) < 4.78 is 0. The van der Waals surface area contributed by atoms with Crippen LogP contribution in [0.5, 0.6) is 0 Å². The number of amides is 1. The van der Waals surface area contributed by atoms with Gasteiger partial charge in [0, 0.05) is 31.5 Å². The van der Waals surface area contributed by atoms with E-state index in [1.807, 2.05) is 0 Å². The van der Waals surface area contributed by atoms with Crippen LogP contribution in [0.4, 0.5) is 0 Å². The molecule has 132 valence electrons. The van der Waals surface area contributed by atoms with Crippen LogP contribution in [0.3, 0.4) is 0 Å². The van der Waals surface area contributed by atoms with Crippen molar-refractivity contribution in [1.29, 1.82) is 0 Å². The molecule has 2 rings (SSSR count). The van der Waals surface area contributed by atoms with Crippen molar-refractivity contribution in [1.82, 2.24) is 20.9 Å². The fourth-order valence-corrected chi connectivity index (χ4v) is 2.85. The van der Waals surface area contributed by atoms with Gasteiger partial charge in [0.1, 0.15) is 0 Å². The molecule has 0 radical (unpaired) electrons. The Hall–Kier alpha value is -2.11. The zero-order chi connectivity index (χ0) is 17.2. The molecule has 1 amide bonds. The molecule has 0 bridgehead atoms. The quantitative estimate of drug-likeness (QED) is 0.423. The largest absolute Gasteiger partial charge is 0.357 e. The highest BCUT2D eigenvalue weighted by Gasteiger charge is 2.18. The van der Waals surface area contributed by atoms with E-state index < -0.39 is 0 Å². The molecular weight excluding hydrogens is 302 g/mol. The molecule has 1 aromatic heterocycles. The van der Waals surface area contributed by atoms with E-state index in [0.717, 1.165) is 18.4 Å². The minimum Gasteiger partial charge on any atom is -0.357 e. The topological polar surface area (TPSA) is 78.4 Å². The molecule has 6 heteroatoms. The van der Waals surface area contributed by atoms with Gasteiger partial charge in [-0.15, -0.1) is 0 Å². The Labute approximate surface area is 144 Å². The highest BCUT2D eigenvalue weighted by molar-refractivity contribution is 5.93. The summed E-state index contributed by atoms with van der Waals surface area (Å²) in [6, 6.07) is 4.01. The molecule has 1 aromatic rings. The van der Waals surface area contributed by atoms with Gasteiger partial charge in [0.2, 0.25) is 0 Å². The van der Waals surface area contributed by atoms with E-state index >= 15 is 0 Å². The number of aliphatic imine (C=N–C) groups is 1. The maximum absolute atomic E-state index is 11.9. The van der Waals surface area contributed by atoms with Crippen LogP contribution in [0.15, 0.2) is 29.5 Å². The van der Waals surface area contributed by atoms with Crippen LogP contribution in [0.25, 0.3) is 0 Å². The first-order valence-corrected chi connectivity index (χ1v) is 8.92. The molecule has 6 nitrogen and oxygen atoms in total. The molecule has 0 spiro atoms. The molecule has 1 saturated carbocycles. The zero-order valence-corrected chi connectivity index (χ0v) is 14.7. The van der Waals surface area contributed by atoms with Crippen molar-refractivity contribution >= 4 is 11.9 Å². The Morgan fingerprint density at radius 2 is 2.08 bits per heavy atom. The highest BCUT2D eigenvalue weighted by atomic mass is 16.1. The number of guanidine groups is 1. The Morgan fingerprint density at radius 1 is 1.29 bits per heavy atom. The van der Waals surface area contributed by atoms with Gasteiger partial charge < -0.3 is 16.0 Å². The lowest BCUT2D eigenvalue weighted by molar-refractivity contribution is 0.0954. The first kappa shape index (κ1) is 18.2. The highest BCUT2D eigenvalue weighted by Crippen LogP contribution is 2.23. The van der Waals surface area contributed by atoms with Gasteiger partial charge in [0.15, 0.2) is 5.96 Å². The molecule has 24 heavy (non-hydrogen) atoms. The average molecular weight is 331 g/mol. The summed E-state index contributed by atoms with van der Waals surface area (Å²) in [5.74, 6) is 1.57. The number of nitrogens with zero attached hydrogens (tertiary/aromatic N) is 2. The summed E-state index contributed by atoms with van der Waals surface area (Å²) in [6.45, 7) is 6.26. The number of pyridine rings is 1. The number of aromatic nitrogens is 1. The van der Waals surface area contributed by atoms with E-state index in [-0.39, 0.29) is 5.91 Å². The summed E-state index contributed by atoms with van der Waals surface area (Å²) in [4.78, 5) is 20.4. The number of hydrogen-bond donors (Lipinski definition) is 3. The monoisotopic (exact) mass is 331 g/mol. The van der Waals surface area contributed by atoms with Crippen molar-refractivity contribution in [3.63, 3.8) is 0 Å². The van der Waals surface area contributed by atoms with Gasteiger partial charge in [-0.1, -0.05) is 6.92 Å². The number of hydrogen-bond acceptors (Lipinski definition) is 3. The van der Waals surface area contributed by atoms with Gasteiger partial charge in [-0.3, -0.25) is 14.8 Å². The maximum atomic E-state index is 11.9. The van der Waals surface area contributed by atoms with E-state index in [2.05, 4.69) is 39.8 Å². The first-order valence-electron chi connectivity index (χ1n) is 8.92. The first-order chi connectivity index (χ1) is 11.7. The van der Waals surface area contributed by atoms with Gasteiger partial charge in [0.05, 0.1) is 12.1 Å². The molecule has 0 unspecified atom stereocenters. The summed E-state index contributed by atoms with van der Waals surface area (Å²) in [7, 11) is 0. The average Bonchev–Trinajstić information content (AvgIpc) is 2.61. The molecule has 0 aromatic carbocycles. The summed E-state index contributed by atoms with van der Waals surface area (Å²) in [5.41, 5.74) is 0.572. The van der Waals surface area contributed by atoms with Crippen molar-refractivity contribution in [2.24, 2.45) is 10.9 Å². The maximum Gasteiger partial charge on any atom is 0.252 e. The third-order valence-corrected chi connectivity index (χ3v) is 4.29. The normalized spacial score (nSPS) is 21.2. The molecule has 1 aliphatic carbocycles. The van der Waals surface area contributed by atoms with Crippen LogP contribution in [-0.4, -0.2) is 42.5 Å². The number of carbonyl (C=O) groups excluding carboxylic acids is 1. The minimum absolute atomic E-state index is 0.113. The zero-order valence-electron chi connectivity index (χ0n) is 14.7. The van der Waals surface area contributed by atoms with E-state index in [1.54, 1.807) is 24.5 Å². The molecule has 0 saturated heterocycles. The van der Waals surface area contributed by atoms with Crippen LogP contribution in [-0.2, 0) is 0 Å². The number of carbonyl (C=O) groups is 1. The van der Waals surface area contributed by atoms with Crippen LogP contribution in [0.1, 0.15) is 49.9 Å².